The van der Waals surface area contributed by atoms with Crippen LogP contribution in [0.4, 0.5) is 0 Å². The van der Waals surface area contributed by atoms with E-state index in [0.29, 0.717) is 6.42 Å². The highest BCUT2D eigenvalue weighted by molar-refractivity contribution is 5.78. The van der Waals surface area contributed by atoms with Crippen LogP contribution in [0, 0.1) is 0 Å². The van der Waals surface area contributed by atoms with Crippen LogP contribution in [0.25, 0.3) is 44.1 Å². The van der Waals surface area contributed by atoms with Crippen LogP contribution in [-0.4, -0.2) is 39.0 Å². The van der Waals surface area contributed by atoms with Crippen molar-refractivity contribution >= 4 is 44.1 Å². The third-order valence-corrected chi connectivity index (χ3v) is 8.68. The minimum absolute atomic E-state index is 0.211. The molecule has 0 unspecified atom stereocenters. The van der Waals surface area contributed by atoms with Crippen LogP contribution < -0.4 is 0 Å². The van der Waals surface area contributed by atoms with Gasteiger partial charge in [0.1, 0.15) is 23.3 Å². The molecule has 0 radical (unpaired) electrons. The van der Waals surface area contributed by atoms with E-state index in [9.17, 15) is 0 Å². The monoisotopic (exact) mass is 622 g/mol. The predicted octanol–water partition coefficient (Wildman–Crippen LogP) is 9.17. The van der Waals surface area contributed by atoms with Gasteiger partial charge in [-0.25, -0.2) is 19.9 Å². The van der Waals surface area contributed by atoms with Gasteiger partial charge in [-0.15, -0.1) is 0 Å². The van der Waals surface area contributed by atoms with Gasteiger partial charge in [-0.2, -0.15) is 0 Å². The van der Waals surface area contributed by atoms with Gasteiger partial charge >= 0.3 is 0 Å². The lowest BCUT2D eigenvalue weighted by Gasteiger charge is -2.19. The van der Waals surface area contributed by atoms with E-state index in [1.807, 2.05) is 48.5 Å². The number of hydrogen-bond acceptors (Lipinski definition) is 4. The molecule has 0 fully saturated rings. The number of aryl methyl sites for hydroxylation is 2. The zero-order valence-corrected chi connectivity index (χ0v) is 27.4. The first kappa shape index (κ1) is 30.4. The molecule has 8 rings (SSSR count). The van der Waals surface area contributed by atoms with Gasteiger partial charge < -0.3 is 19.1 Å². The molecule has 4 aromatic heterocycles. The van der Waals surface area contributed by atoms with Crippen molar-refractivity contribution in [1.29, 1.82) is 0 Å². The van der Waals surface area contributed by atoms with Crippen LogP contribution in [0.3, 0.4) is 0 Å². The first-order chi connectivity index (χ1) is 23.2. The number of aromatic nitrogens is 8. The summed E-state index contributed by atoms with van der Waals surface area (Å²) in [6, 6.07) is 33.1. The molecule has 0 amide bonds. The van der Waals surface area contributed by atoms with Gasteiger partial charge in [0.25, 0.3) is 0 Å². The highest BCUT2D eigenvalue weighted by atomic mass is 15.1. The molecule has 238 valence electrons. The Morgan fingerprint density at radius 3 is 1.36 bits per heavy atom. The summed E-state index contributed by atoms with van der Waals surface area (Å²) in [7, 11) is 0. The molecule has 0 bridgehead atoms. The fraction of sp³-hybridized carbons (Fsp3) is 0.282. The Morgan fingerprint density at radius 2 is 0.936 bits per heavy atom. The highest BCUT2D eigenvalue weighted by Gasteiger charge is 2.26. The Morgan fingerprint density at radius 1 is 0.511 bits per heavy atom. The average molecular weight is 623 g/mol. The van der Waals surface area contributed by atoms with Crippen LogP contribution in [0.5, 0.6) is 0 Å². The largest absolute Gasteiger partial charge is 0.342 e. The first-order valence-corrected chi connectivity index (χ1v) is 16.9. The Bertz CT molecular complexity index is 2030. The van der Waals surface area contributed by atoms with E-state index in [4.69, 9.17) is 9.97 Å². The summed E-state index contributed by atoms with van der Waals surface area (Å²) in [4.78, 5) is 26.0. The van der Waals surface area contributed by atoms with E-state index in [1.165, 1.54) is 11.0 Å². The SMILES string of the molecule is CCCC(c1nc2ccccc2n1CCC)c1nc2ccccc2n1CCC.c1ccc2[nH]c(Cc3nc4ccccc4[nH]3)nc2c1. The molecule has 8 aromatic rings. The summed E-state index contributed by atoms with van der Waals surface area (Å²) in [6.45, 7) is 8.71. The lowest BCUT2D eigenvalue weighted by atomic mass is 10.0. The van der Waals surface area contributed by atoms with Crippen LogP contribution in [0.1, 0.15) is 75.7 Å². The van der Waals surface area contributed by atoms with Crippen molar-refractivity contribution in [2.45, 2.75) is 71.9 Å². The van der Waals surface area contributed by atoms with Crippen molar-refractivity contribution in [3.05, 3.63) is 120 Å². The molecule has 0 atom stereocenters. The number of fused-ring (bicyclic) bond motifs is 4. The second-order valence-corrected chi connectivity index (χ2v) is 12.1. The van der Waals surface area contributed by atoms with Crippen LogP contribution in [-0.2, 0) is 19.5 Å². The molecule has 0 aliphatic carbocycles. The van der Waals surface area contributed by atoms with Crippen LogP contribution in [0.2, 0.25) is 0 Å². The summed E-state index contributed by atoms with van der Waals surface area (Å²) in [6.07, 6.45) is 5.04. The van der Waals surface area contributed by atoms with E-state index in [2.05, 4.69) is 98.4 Å². The molecule has 0 spiro atoms. The summed E-state index contributed by atoms with van der Waals surface area (Å²) in [5.74, 6) is 4.40. The quantitative estimate of drug-likeness (QED) is 0.159. The van der Waals surface area contributed by atoms with E-state index in [1.54, 1.807) is 0 Å². The second-order valence-electron chi connectivity index (χ2n) is 12.1. The van der Waals surface area contributed by atoms with Gasteiger partial charge in [-0.3, -0.25) is 0 Å². The van der Waals surface area contributed by atoms with Crippen molar-refractivity contribution in [3.63, 3.8) is 0 Å². The normalized spacial score (nSPS) is 11.7. The molecule has 8 heteroatoms. The van der Waals surface area contributed by atoms with E-state index >= 15 is 0 Å². The van der Waals surface area contributed by atoms with Crippen molar-refractivity contribution in [1.82, 2.24) is 39.0 Å². The summed E-state index contributed by atoms with van der Waals surface area (Å²) >= 11 is 0. The molecule has 47 heavy (non-hydrogen) atoms. The van der Waals surface area contributed by atoms with Crippen LogP contribution in [0.15, 0.2) is 97.1 Å². The first-order valence-electron chi connectivity index (χ1n) is 16.9. The summed E-state index contributed by atoms with van der Waals surface area (Å²) in [5.41, 5.74) is 8.76. The Labute approximate surface area is 274 Å². The maximum absolute atomic E-state index is 5.11. The predicted molar refractivity (Wildman–Crippen MR) is 192 cm³/mol. The third kappa shape index (κ3) is 6.15. The molecule has 0 aliphatic rings. The molecule has 8 nitrogen and oxygen atoms in total. The van der Waals surface area contributed by atoms with Crippen molar-refractivity contribution in [2.75, 3.05) is 0 Å². The van der Waals surface area contributed by atoms with Gasteiger partial charge in [-0.1, -0.05) is 75.7 Å². The standard InChI is InChI=1S/C24H30N4.C15H12N4/c1-4-11-18(23-25-19-12-7-9-14-21(19)27(23)16-5-2)24-26-20-13-8-10-15-22(20)28(24)17-6-3;1-2-6-11-10(5-1)16-14(17-11)9-15-18-12-7-3-4-8-13(12)19-15/h7-10,12-15,18H,4-6,11,16-17H2,1-3H3;1-8H,9H2,(H,16,17)(H,18,19). The zero-order valence-electron chi connectivity index (χ0n) is 27.4. The minimum atomic E-state index is 0.211. The Balaban J connectivity index is 0.000000160. The maximum Gasteiger partial charge on any atom is 0.120 e. The molecular formula is C39H42N8. The van der Waals surface area contributed by atoms with Gasteiger partial charge in [0.2, 0.25) is 0 Å². The van der Waals surface area contributed by atoms with Crippen molar-refractivity contribution in [2.24, 2.45) is 0 Å². The van der Waals surface area contributed by atoms with E-state index < -0.39 is 0 Å². The lowest BCUT2D eigenvalue weighted by Crippen LogP contribution is -2.16. The number of rotatable bonds is 10. The number of para-hydroxylation sites is 8. The zero-order chi connectivity index (χ0) is 32.2. The van der Waals surface area contributed by atoms with Crippen molar-refractivity contribution < 1.29 is 0 Å². The fourth-order valence-electron chi connectivity index (χ4n) is 6.64. The molecule has 0 aliphatic heterocycles. The molecular weight excluding hydrogens is 580 g/mol. The second kappa shape index (κ2) is 13.6. The maximum atomic E-state index is 5.11. The number of nitrogens with one attached hydrogen (secondary N) is 2. The lowest BCUT2D eigenvalue weighted by molar-refractivity contribution is 0.539. The number of benzene rings is 4. The average Bonchev–Trinajstić information content (AvgIpc) is 3.87. The van der Waals surface area contributed by atoms with E-state index in [0.717, 1.165) is 95.2 Å². The van der Waals surface area contributed by atoms with E-state index in [-0.39, 0.29) is 5.92 Å². The number of nitrogens with zero attached hydrogens (tertiary/aromatic N) is 6. The number of hydrogen-bond donors (Lipinski definition) is 2. The molecule has 4 aromatic carbocycles. The van der Waals surface area contributed by atoms with Gasteiger partial charge in [0, 0.05) is 13.1 Å². The van der Waals surface area contributed by atoms with Crippen LogP contribution >= 0.6 is 0 Å². The fourth-order valence-corrected chi connectivity index (χ4v) is 6.64. The summed E-state index contributed by atoms with van der Waals surface area (Å²) in [5, 5.41) is 0. The van der Waals surface area contributed by atoms with Gasteiger partial charge in [0.15, 0.2) is 0 Å². The van der Waals surface area contributed by atoms with Gasteiger partial charge in [0.05, 0.1) is 56.5 Å². The Hall–Kier alpha value is -5.24. The number of imidazole rings is 4. The number of aromatic amines is 2. The highest BCUT2D eigenvalue weighted by Crippen LogP contribution is 2.33. The van der Waals surface area contributed by atoms with Gasteiger partial charge in [-0.05, 0) is 67.8 Å². The topological polar surface area (TPSA) is 93.0 Å². The third-order valence-electron chi connectivity index (χ3n) is 8.68. The smallest absolute Gasteiger partial charge is 0.120 e. The number of H-pyrrole nitrogens is 2. The molecule has 4 heterocycles. The minimum Gasteiger partial charge on any atom is -0.342 e. The Kier molecular flexibility index (Phi) is 8.82. The van der Waals surface area contributed by atoms with Crippen molar-refractivity contribution in [3.8, 4) is 0 Å². The molecule has 0 saturated carbocycles. The molecule has 2 N–H and O–H groups in total. The summed E-state index contributed by atoms with van der Waals surface area (Å²) < 4.78 is 4.84. The molecule has 0 saturated heterocycles.